The first kappa shape index (κ1) is 33.8. The average Bonchev–Trinajstić information content (AvgIpc) is 2.97. The Morgan fingerprint density at radius 2 is 1.73 bits per heavy atom. The van der Waals surface area contributed by atoms with E-state index in [4.69, 9.17) is 14.2 Å². The molecule has 1 aliphatic rings. The lowest BCUT2D eigenvalue weighted by atomic mass is 9.85. The van der Waals surface area contributed by atoms with E-state index in [1.807, 2.05) is 52.0 Å². The number of nitrogens with one attached hydrogen (secondary N) is 1. The van der Waals surface area contributed by atoms with E-state index < -0.39 is 5.60 Å². The fourth-order valence-corrected chi connectivity index (χ4v) is 5.32. The number of aliphatic hydroxyl groups excluding tert-OH is 1. The second-order valence-corrected chi connectivity index (χ2v) is 13.8. The van der Waals surface area contributed by atoms with Crippen LogP contribution in [0.1, 0.15) is 87.1 Å². The number of aromatic nitrogens is 1. The first-order valence-electron chi connectivity index (χ1n) is 15.5. The second kappa shape index (κ2) is 13.9. The maximum absolute atomic E-state index is 13.4. The fourth-order valence-electron chi connectivity index (χ4n) is 5.32. The SMILES string of the molecule is COc1c(CO)cc(C(C)(C)C)cc1NC(=O)c1ccc(C)c(Oc2ccnc(CC3CCN(C(=O)OC(C)(C)C)CC3)c2)c1. The molecule has 1 fully saturated rings. The largest absolute Gasteiger partial charge is 0.494 e. The Balaban J connectivity index is 1.44. The van der Waals surface area contributed by atoms with Crippen molar-refractivity contribution in [2.24, 2.45) is 5.92 Å². The summed E-state index contributed by atoms with van der Waals surface area (Å²) >= 11 is 0. The van der Waals surface area contributed by atoms with Crippen LogP contribution in [-0.4, -0.2) is 52.8 Å². The van der Waals surface area contributed by atoms with E-state index in [1.54, 1.807) is 29.3 Å². The number of anilines is 1. The van der Waals surface area contributed by atoms with E-state index >= 15 is 0 Å². The molecule has 3 aromatic rings. The van der Waals surface area contributed by atoms with E-state index in [9.17, 15) is 14.7 Å². The highest BCUT2D eigenvalue weighted by Gasteiger charge is 2.27. The Morgan fingerprint density at radius 1 is 1.02 bits per heavy atom. The number of hydrogen-bond acceptors (Lipinski definition) is 7. The maximum Gasteiger partial charge on any atom is 0.410 e. The molecule has 0 unspecified atom stereocenters. The zero-order chi connectivity index (χ0) is 32.9. The summed E-state index contributed by atoms with van der Waals surface area (Å²) in [6.07, 6.45) is 4.02. The highest BCUT2D eigenvalue weighted by atomic mass is 16.6. The lowest BCUT2D eigenvalue weighted by Crippen LogP contribution is -2.42. The Morgan fingerprint density at radius 3 is 2.36 bits per heavy atom. The van der Waals surface area contributed by atoms with Gasteiger partial charge in [0.05, 0.1) is 19.4 Å². The number of nitrogens with zero attached hydrogens (tertiary/aromatic N) is 2. The van der Waals surface area contributed by atoms with Crippen LogP contribution < -0.4 is 14.8 Å². The second-order valence-electron chi connectivity index (χ2n) is 13.8. The van der Waals surface area contributed by atoms with E-state index in [-0.39, 0.29) is 24.0 Å². The van der Waals surface area contributed by atoms with Gasteiger partial charge in [-0.3, -0.25) is 9.78 Å². The van der Waals surface area contributed by atoms with Gasteiger partial charge >= 0.3 is 6.09 Å². The van der Waals surface area contributed by atoms with Crippen LogP contribution >= 0.6 is 0 Å². The Bertz CT molecular complexity index is 1510. The monoisotopic (exact) mass is 617 g/mol. The van der Waals surface area contributed by atoms with Crippen molar-refractivity contribution < 1.29 is 28.9 Å². The van der Waals surface area contributed by atoms with E-state index in [0.29, 0.717) is 53.1 Å². The number of pyridine rings is 1. The van der Waals surface area contributed by atoms with Crippen molar-refractivity contribution in [3.63, 3.8) is 0 Å². The molecule has 2 amide bonds. The van der Waals surface area contributed by atoms with Gasteiger partial charge in [-0.05, 0) is 99.7 Å². The minimum atomic E-state index is -0.504. The summed E-state index contributed by atoms with van der Waals surface area (Å²) in [5.41, 5.74) is 3.60. The van der Waals surface area contributed by atoms with Crippen LogP contribution in [0.5, 0.6) is 17.2 Å². The maximum atomic E-state index is 13.4. The van der Waals surface area contributed by atoms with Gasteiger partial charge in [-0.2, -0.15) is 0 Å². The van der Waals surface area contributed by atoms with Gasteiger partial charge in [0, 0.05) is 42.2 Å². The van der Waals surface area contributed by atoms with Gasteiger partial charge < -0.3 is 29.5 Å². The summed E-state index contributed by atoms with van der Waals surface area (Å²) in [4.78, 5) is 32.2. The van der Waals surface area contributed by atoms with Gasteiger partial charge in [-0.1, -0.05) is 26.8 Å². The smallest absolute Gasteiger partial charge is 0.410 e. The van der Waals surface area contributed by atoms with Crippen molar-refractivity contribution >= 4 is 17.7 Å². The summed E-state index contributed by atoms with van der Waals surface area (Å²) < 4.78 is 17.4. The molecule has 0 spiro atoms. The minimum Gasteiger partial charge on any atom is -0.494 e. The number of rotatable bonds is 8. The third-order valence-electron chi connectivity index (χ3n) is 7.88. The molecule has 242 valence electrons. The van der Waals surface area contributed by atoms with Crippen molar-refractivity contribution in [1.82, 2.24) is 9.88 Å². The van der Waals surface area contributed by atoms with E-state index in [1.165, 1.54) is 7.11 Å². The molecule has 2 heterocycles. The predicted molar refractivity (Wildman–Crippen MR) is 175 cm³/mol. The Hall–Kier alpha value is -4.11. The number of carbonyl (C=O) groups excluding carboxylic acids is 2. The quantitative estimate of drug-likeness (QED) is 0.271. The van der Waals surface area contributed by atoms with Crippen LogP contribution in [0, 0.1) is 12.8 Å². The summed E-state index contributed by atoms with van der Waals surface area (Å²) in [5.74, 6) is 1.72. The molecule has 9 heteroatoms. The van der Waals surface area contributed by atoms with Gasteiger partial charge in [-0.15, -0.1) is 0 Å². The third kappa shape index (κ3) is 8.97. The molecule has 1 saturated heterocycles. The lowest BCUT2D eigenvalue weighted by molar-refractivity contribution is 0.0184. The molecule has 1 aromatic heterocycles. The zero-order valence-corrected chi connectivity index (χ0v) is 27.8. The number of ether oxygens (including phenoxy) is 3. The number of carbonyl (C=O) groups is 2. The number of benzene rings is 2. The summed E-state index contributed by atoms with van der Waals surface area (Å²) in [5, 5.41) is 12.9. The van der Waals surface area contributed by atoms with Gasteiger partial charge in [-0.25, -0.2) is 4.79 Å². The Kier molecular flexibility index (Phi) is 10.4. The molecule has 0 radical (unpaired) electrons. The average molecular weight is 618 g/mol. The van der Waals surface area contributed by atoms with Gasteiger partial charge in [0.25, 0.3) is 5.91 Å². The molecule has 2 N–H and O–H groups in total. The number of aryl methyl sites for hydroxylation is 1. The topological polar surface area (TPSA) is 110 Å². The Labute approximate surface area is 266 Å². The third-order valence-corrected chi connectivity index (χ3v) is 7.88. The van der Waals surface area contributed by atoms with E-state index in [0.717, 1.165) is 36.1 Å². The number of amides is 2. The lowest BCUT2D eigenvalue weighted by Gasteiger charge is -2.33. The number of hydrogen-bond donors (Lipinski definition) is 2. The molecule has 0 bridgehead atoms. The standard InChI is InChI=1S/C36H47N3O6/c1-23-9-10-25(33(41)38-30-20-27(35(2,3)4)18-26(22-40)32(30)43-8)19-31(23)44-29-11-14-37-28(21-29)17-24-12-15-39(16-13-24)34(42)45-36(5,6)7/h9-11,14,18-21,24,40H,12-13,15-17,22H2,1-8H3,(H,38,41). The molecule has 4 rings (SSSR count). The fraction of sp³-hybridized carbons (Fsp3) is 0.472. The van der Waals surface area contributed by atoms with Crippen LogP contribution in [0.15, 0.2) is 48.7 Å². The van der Waals surface area contributed by atoms with Crippen LogP contribution in [0.25, 0.3) is 0 Å². The van der Waals surface area contributed by atoms with Crippen molar-refractivity contribution in [3.8, 4) is 17.2 Å². The number of methoxy groups -OCH3 is 1. The van der Waals surface area contributed by atoms with Gasteiger partial charge in [0.2, 0.25) is 0 Å². The van der Waals surface area contributed by atoms with Gasteiger partial charge in [0.15, 0.2) is 0 Å². The molecule has 45 heavy (non-hydrogen) atoms. The summed E-state index contributed by atoms with van der Waals surface area (Å²) in [6.45, 7) is 14.9. The van der Waals surface area contributed by atoms with Crippen LogP contribution in [0.4, 0.5) is 10.5 Å². The van der Waals surface area contributed by atoms with Gasteiger partial charge in [0.1, 0.15) is 22.8 Å². The summed E-state index contributed by atoms with van der Waals surface area (Å²) in [7, 11) is 1.52. The molecular weight excluding hydrogens is 570 g/mol. The summed E-state index contributed by atoms with van der Waals surface area (Å²) in [6, 6.07) is 12.9. The van der Waals surface area contributed by atoms with Crippen molar-refractivity contribution in [2.75, 3.05) is 25.5 Å². The predicted octanol–water partition coefficient (Wildman–Crippen LogP) is 7.42. The highest BCUT2D eigenvalue weighted by molar-refractivity contribution is 6.05. The number of likely N-dealkylation sites (tertiary alicyclic amines) is 1. The number of piperidine rings is 1. The molecular formula is C36H47N3O6. The normalized spacial score (nSPS) is 14.2. The van der Waals surface area contributed by atoms with Crippen LogP contribution in [-0.2, 0) is 23.2 Å². The molecule has 2 aromatic carbocycles. The highest BCUT2D eigenvalue weighted by Crippen LogP contribution is 2.36. The molecule has 0 aliphatic carbocycles. The van der Waals surface area contributed by atoms with Crippen LogP contribution in [0.2, 0.25) is 0 Å². The first-order chi connectivity index (χ1) is 21.2. The van der Waals surface area contributed by atoms with Crippen molar-refractivity contribution in [1.29, 1.82) is 0 Å². The number of aliphatic hydroxyl groups is 1. The zero-order valence-electron chi connectivity index (χ0n) is 27.8. The molecule has 9 nitrogen and oxygen atoms in total. The molecule has 0 atom stereocenters. The molecule has 0 saturated carbocycles. The first-order valence-corrected chi connectivity index (χ1v) is 15.5. The minimum absolute atomic E-state index is 0.193. The van der Waals surface area contributed by atoms with Crippen LogP contribution in [0.3, 0.4) is 0 Å². The van der Waals surface area contributed by atoms with Crippen molar-refractivity contribution in [2.45, 2.75) is 85.4 Å². The molecule has 1 aliphatic heterocycles. The van der Waals surface area contributed by atoms with Crippen molar-refractivity contribution in [3.05, 3.63) is 76.6 Å². The van der Waals surface area contributed by atoms with E-state index in [2.05, 4.69) is 31.1 Å².